The molecule has 2 aromatic heterocycles. The van der Waals surface area contributed by atoms with Gasteiger partial charge in [-0.2, -0.15) is 0 Å². The Labute approximate surface area is 123 Å². The van der Waals surface area contributed by atoms with E-state index in [1.54, 1.807) is 18.3 Å². The molecule has 0 atom stereocenters. The Bertz CT molecular complexity index is 675. The lowest BCUT2D eigenvalue weighted by atomic mass is 9.89. The molecule has 0 aromatic carbocycles. The van der Waals surface area contributed by atoms with Crippen LogP contribution in [0.4, 0.5) is 0 Å². The summed E-state index contributed by atoms with van der Waals surface area (Å²) in [5, 5.41) is 13.2. The standard InChI is InChI=1S/C16H21N3O2/c20-14-7-4-8-19-15(21)9-13(18-16(14)19)11-17-10-12-5-2-1-3-6-12/h4,7-9,12,17,20H,1-3,5-6,10-11H2. The molecule has 2 heterocycles. The molecule has 0 spiro atoms. The summed E-state index contributed by atoms with van der Waals surface area (Å²) in [6, 6.07) is 4.70. The number of pyridine rings is 1. The molecular weight excluding hydrogens is 266 g/mol. The molecule has 0 unspecified atom stereocenters. The smallest absolute Gasteiger partial charge is 0.258 e. The molecule has 0 bridgehead atoms. The second kappa shape index (κ2) is 6.26. The molecule has 112 valence electrons. The highest BCUT2D eigenvalue weighted by Crippen LogP contribution is 2.22. The predicted octanol–water partition coefficient (Wildman–Crippen LogP) is 2.07. The SMILES string of the molecule is O=c1cc(CNCC2CCCCC2)nc2c(O)cccn12. The van der Waals surface area contributed by atoms with Crippen LogP contribution in [0.2, 0.25) is 0 Å². The number of aromatic hydroxyl groups is 1. The molecule has 2 N–H and O–H groups in total. The topological polar surface area (TPSA) is 66.6 Å². The number of hydrogen-bond donors (Lipinski definition) is 2. The predicted molar refractivity (Wildman–Crippen MR) is 81.4 cm³/mol. The Morgan fingerprint density at radius 2 is 2.14 bits per heavy atom. The fourth-order valence-corrected chi connectivity index (χ4v) is 3.04. The maximum absolute atomic E-state index is 12.0. The molecule has 1 aliphatic rings. The number of rotatable bonds is 4. The van der Waals surface area contributed by atoms with Gasteiger partial charge >= 0.3 is 0 Å². The normalized spacial score (nSPS) is 16.4. The van der Waals surface area contributed by atoms with Crippen LogP contribution >= 0.6 is 0 Å². The van der Waals surface area contributed by atoms with Crippen molar-refractivity contribution in [3.63, 3.8) is 0 Å². The molecule has 5 nitrogen and oxygen atoms in total. The van der Waals surface area contributed by atoms with Gasteiger partial charge in [-0.15, -0.1) is 0 Å². The van der Waals surface area contributed by atoms with Gasteiger partial charge in [0.25, 0.3) is 5.56 Å². The second-order valence-electron chi connectivity index (χ2n) is 5.81. The summed E-state index contributed by atoms with van der Waals surface area (Å²) in [5.41, 5.74) is 0.835. The highest BCUT2D eigenvalue weighted by Gasteiger charge is 2.13. The third-order valence-electron chi connectivity index (χ3n) is 4.19. The van der Waals surface area contributed by atoms with Crippen LogP contribution in [0, 0.1) is 5.92 Å². The lowest BCUT2D eigenvalue weighted by Crippen LogP contribution is -2.25. The van der Waals surface area contributed by atoms with Gasteiger partial charge in [-0.1, -0.05) is 19.3 Å². The minimum absolute atomic E-state index is 0.0312. The average Bonchev–Trinajstić information content (AvgIpc) is 2.50. The van der Waals surface area contributed by atoms with Gasteiger partial charge in [-0.3, -0.25) is 9.20 Å². The molecule has 0 saturated heterocycles. The summed E-state index contributed by atoms with van der Waals surface area (Å²) >= 11 is 0. The van der Waals surface area contributed by atoms with E-state index in [4.69, 9.17) is 0 Å². The van der Waals surface area contributed by atoms with Crippen LogP contribution in [0.1, 0.15) is 37.8 Å². The molecule has 5 heteroatoms. The highest BCUT2D eigenvalue weighted by molar-refractivity contribution is 5.52. The Kier molecular flexibility index (Phi) is 4.20. The first-order valence-corrected chi connectivity index (χ1v) is 7.65. The number of hydrogen-bond acceptors (Lipinski definition) is 4. The van der Waals surface area contributed by atoms with E-state index in [9.17, 15) is 9.90 Å². The number of nitrogens with zero attached hydrogens (tertiary/aromatic N) is 2. The van der Waals surface area contributed by atoms with Crippen molar-refractivity contribution in [3.05, 3.63) is 40.4 Å². The first-order valence-electron chi connectivity index (χ1n) is 7.65. The van der Waals surface area contributed by atoms with Crippen molar-refractivity contribution >= 4 is 5.65 Å². The first kappa shape index (κ1) is 14.1. The van der Waals surface area contributed by atoms with Gasteiger partial charge in [0.05, 0.1) is 5.69 Å². The van der Waals surface area contributed by atoms with Gasteiger partial charge in [0, 0.05) is 18.8 Å². The zero-order chi connectivity index (χ0) is 14.7. The van der Waals surface area contributed by atoms with Gasteiger partial charge < -0.3 is 10.4 Å². The fraction of sp³-hybridized carbons (Fsp3) is 0.500. The third kappa shape index (κ3) is 3.24. The molecule has 3 rings (SSSR count). The molecule has 2 aromatic rings. The number of fused-ring (bicyclic) bond motifs is 1. The number of nitrogens with one attached hydrogen (secondary N) is 1. The maximum atomic E-state index is 12.0. The highest BCUT2D eigenvalue weighted by atomic mass is 16.3. The van der Waals surface area contributed by atoms with Crippen molar-refractivity contribution in [1.82, 2.24) is 14.7 Å². The van der Waals surface area contributed by atoms with E-state index in [-0.39, 0.29) is 11.3 Å². The van der Waals surface area contributed by atoms with Gasteiger partial charge in [0.2, 0.25) is 0 Å². The van der Waals surface area contributed by atoms with Gasteiger partial charge in [-0.25, -0.2) is 4.98 Å². The summed E-state index contributed by atoms with van der Waals surface area (Å²) in [6.45, 7) is 1.54. The Morgan fingerprint density at radius 1 is 1.33 bits per heavy atom. The fourth-order valence-electron chi connectivity index (χ4n) is 3.04. The van der Waals surface area contributed by atoms with Crippen molar-refractivity contribution in [2.75, 3.05) is 6.54 Å². The molecule has 0 radical (unpaired) electrons. The summed E-state index contributed by atoms with van der Waals surface area (Å²) in [4.78, 5) is 16.4. The molecule has 0 aliphatic heterocycles. The van der Waals surface area contributed by atoms with Gasteiger partial charge in [-0.05, 0) is 37.4 Å². The summed E-state index contributed by atoms with van der Waals surface area (Å²) in [7, 11) is 0. The van der Waals surface area contributed by atoms with Crippen LogP contribution < -0.4 is 10.9 Å². The summed E-state index contributed by atoms with van der Waals surface area (Å²) in [6.07, 6.45) is 8.22. The van der Waals surface area contributed by atoms with Crippen molar-refractivity contribution < 1.29 is 5.11 Å². The van der Waals surface area contributed by atoms with E-state index < -0.39 is 0 Å². The Balaban J connectivity index is 1.69. The summed E-state index contributed by atoms with van der Waals surface area (Å²) < 4.78 is 1.36. The zero-order valence-corrected chi connectivity index (χ0v) is 12.1. The maximum Gasteiger partial charge on any atom is 0.258 e. The van der Waals surface area contributed by atoms with Gasteiger partial charge in [0.15, 0.2) is 11.4 Å². The summed E-state index contributed by atoms with van der Waals surface area (Å²) in [5.74, 6) is 0.775. The van der Waals surface area contributed by atoms with Crippen molar-refractivity contribution in [2.24, 2.45) is 5.92 Å². The largest absolute Gasteiger partial charge is 0.504 e. The molecular formula is C16H21N3O2. The minimum Gasteiger partial charge on any atom is -0.504 e. The number of aromatic nitrogens is 2. The lowest BCUT2D eigenvalue weighted by molar-refractivity contribution is 0.341. The van der Waals surface area contributed by atoms with Crippen LogP contribution in [0.15, 0.2) is 29.2 Å². The van der Waals surface area contributed by atoms with Crippen molar-refractivity contribution in [3.8, 4) is 5.75 Å². The molecule has 21 heavy (non-hydrogen) atoms. The first-order chi connectivity index (χ1) is 10.2. The van der Waals surface area contributed by atoms with Crippen molar-refractivity contribution in [1.29, 1.82) is 0 Å². The lowest BCUT2D eigenvalue weighted by Gasteiger charge is -2.21. The molecule has 1 fully saturated rings. The van der Waals surface area contributed by atoms with E-state index >= 15 is 0 Å². The zero-order valence-electron chi connectivity index (χ0n) is 12.1. The van der Waals surface area contributed by atoms with E-state index in [0.29, 0.717) is 17.9 Å². The third-order valence-corrected chi connectivity index (χ3v) is 4.19. The van der Waals surface area contributed by atoms with Crippen LogP contribution in [0.25, 0.3) is 5.65 Å². The van der Waals surface area contributed by atoms with Crippen LogP contribution in [-0.2, 0) is 6.54 Å². The average molecular weight is 287 g/mol. The van der Waals surface area contributed by atoms with Crippen molar-refractivity contribution in [2.45, 2.75) is 38.6 Å². The van der Waals surface area contributed by atoms with Crippen LogP contribution in [-0.4, -0.2) is 21.0 Å². The minimum atomic E-state index is -0.162. The van der Waals surface area contributed by atoms with Gasteiger partial charge in [0.1, 0.15) is 0 Å². The Hall–Kier alpha value is -1.88. The van der Waals surface area contributed by atoms with E-state index in [1.165, 1.54) is 42.6 Å². The quantitative estimate of drug-likeness (QED) is 0.903. The Morgan fingerprint density at radius 3 is 2.95 bits per heavy atom. The van der Waals surface area contributed by atoms with E-state index in [2.05, 4.69) is 10.3 Å². The van der Waals surface area contributed by atoms with E-state index in [0.717, 1.165) is 12.5 Å². The molecule has 0 amide bonds. The second-order valence-corrected chi connectivity index (χ2v) is 5.81. The van der Waals surface area contributed by atoms with Crippen LogP contribution in [0.3, 0.4) is 0 Å². The molecule has 1 saturated carbocycles. The molecule has 1 aliphatic carbocycles. The van der Waals surface area contributed by atoms with Crippen LogP contribution in [0.5, 0.6) is 5.75 Å². The monoisotopic (exact) mass is 287 g/mol. The van der Waals surface area contributed by atoms with E-state index in [1.807, 2.05) is 0 Å².